The van der Waals surface area contributed by atoms with E-state index in [-0.39, 0.29) is 5.97 Å². The zero-order valence-corrected chi connectivity index (χ0v) is 12.2. The third-order valence-corrected chi connectivity index (χ3v) is 2.85. The van der Waals surface area contributed by atoms with Gasteiger partial charge in [0.05, 0.1) is 0 Å². The van der Waals surface area contributed by atoms with Crippen LogP contribution in [-0.2, 0) is 14.3 Å². The van der Waals surface area contributed by atoms with Crippen molar-refractivity contribution >= 4 is 23.5 Å². The Balaban J connectivity index is 2.51. The molecule has 21 heavy (non-hydrogen) atoms. The van der Waals surface area contributed by atoms with Gasteiger partial charge in [-0.2, -0.15) is 0 Å². The molecule has 0 unspecified atom stereocenters. The first kappa shape index (κ1) is 16.7. The summed E-state index contributed by atoms with van der Waals surface area (Å²) in [5.41, 5.74) is 5.98. The van der Waals surface area contributed by atoms with Crippen LogP contribution < -0.4 is 11.1 Å². The van der Waals surface area contributed by atoms with Crippen LogP contribution in [0.4, 0.5) is 5.69 Å². The first-order chi connectivity index (χ1) is 9.93. The van der Waals surface area contributed by atoms with Gasteiger partial charge >= 0.3 is 5.97 Å². The number of carbonyl (C=O) groups is 3. The number of primary amides is 1. The van der Waals surface area contributed by atoms with Crippen molar-refractivity contribution in [2.45, 2.75) is 39.2 Å². The minimum absolute atomic E-state index is 0.307. The number of esters is 1. The van der Waals surface area contributed by atoms with Crippen LogP contribution in [0.1, 0.15) is 43.5 Å². The quantitative estimate of drug-likeness (QED) is 0.749. The summed E-state index contributed by atoms with van der Waals surface area (Å²) in [5, 5.41) is 2.60. The summed E-state index contributed by atoms with van der Waals surface area (Å²) in [6.07, 6.45) is 1.07. The highest BCUT2D eigenvalue weighted by molar-refractivity contribution is 5.96. The Morgan fingerprint density at radius 2 is 1.86 bits per heavy atom. The van der Waals surface area contributed by atoms with Crippen molar-refractivity contribution in [3.63, 3.8) is 0 Å². The molecule has 1 rings (SSSR count). The van der Waals surface area contributed by atoms with Crippen molar-refractivity contribution in [3.05, 3.63) is 29.8 Å². The molecule has 3 N–H and O–H groups in total. The topological polar surface area (TPSA) is 98.5 Å². The number of anilines is 1. The Bertz CT molecular complexity index is 511. The Kier molecular flexibility index (Phi) is 6.39. The van der Waals surface area contributed by atoms with E-state index in [0.29, 0.717) is 17.7 Å². The molecule has 0 aliphatic heterocycles. The molecule has 6 heteroatoms. The molecule has 2 amide bonds. The standard InChI is InChI=1S/C15H20N2O4/c1-3-4-5-13(18)21-10(2)15(20)17-12-8-6-11(7-9-12)14(16)19/h6-10H,3-5H2,1-2H3,(H2,16,19)(H,17,20)/t10-/m1/s1. The fourth-order valence-electron chi connectivity index (χ4n) is 1.59. The van der Waals surface area contributed by atoms with Gasteiger partial charge in [0.1, 0.15) is 0 Å². The van der Waals surface area contributed by atoms with E-state index in [2.05, 4.69) is 5.32 Å². The van der Waals surface area contributed by atoms with Crippen molar-refractivity contribution in [1.82, 2.24) is 0 Å². The smallest absolute Gasteiger partial charge is 0.306 e. The first-order valence-electron chi connectivity index (χ1n) is 6.84. The average molecular weight is 292 g/mol. The van der Waals surface area contributed by atoms with Gasteiger partial charge in [-0.1, -0.05) is 13.3 Å². The van der Waals surface area contributed by atoms with Gasteiger partial charge in [0, 0.05) is 17.7 Å². The molecule has 0 fully saturated rings. The van der Waals surface area contributed by atoms with E-state index in [1.54, 1.807) is 12.1 Å². The fourth-order valence-corrected chi connectivity index (χ4v) is 1.59. The maximum Gasteiger partial charge on any atom is 0.306 e. The number of nitrogens with two attached hydrogens (primary N) is 1. The van der Waals surface area contributed by atoms with E-state index in [1.807, 2.05) is 6.92 Å². The Morgan fingerprint density at radius 1 is 1.24 bits per heavy atom. The van der Waals surface area contributed by atoms with E-state index < -0.39 is 17.9 Å². The molecule has 1 aromatic carbocycles. The molecule has 0 spiro atoms. The Morgan fingerprint density at radius 3 is 2.38 bits per heavy atom. The molecular formula is C15H20N2O4. The first-order valence-corrected chi connectivity index (χ1v) is 6.84. The van der Waals surface area contributed by atoms with E-state index in [9.17, 15) is 14.4 Å². The number of ether oxygens (including phenoxy) is 1. The normalized spacial score (nSPS) is 11.5. The lowest BCUT2D eigenvalue weighted by molar-refractivity contribution is -0.153. The van der Waals surface area contributed by atoms with E-state index in [0.717, 1.165) is 12.8 Å². The number of nitrogens with one attached hydrogen (secondary N) is 1. The second-order valence-electron chi connectivity index (χ2n) is 4.67. The van der Waals surface area contributed by atoms with Crippen molar-refractivity contribution in [1.29, 1.82) is 0 Å². The molecule has 1 atom stereocenters. The molecule has 114 valence electrons. The van der Waals surface area contributed by atoms with Crippen molar-refractivity contribution in [2.24, 2.45) is 5.73 Å². The van der Waals surface area contributed by atoms with Gasteiger partial charge in [-0.25, -0.2) is 0 Å². The van der Waals surface area contributed by atoms with Crippen LogP contribution in [0.5, 0.6) is 0 Å². The number of carbonyl (C=O) groups excluding carboxylic acids is 3. The lowest BCUT2D eigenvalue weighted by Gasteiger charge is -2.13. The van der Waals surface area contributed by atoms with Crippen LogP contribution >= 0.6 is 0 Å². The highest BCUT2D eigenvalue weighted by Gasteiger charge is 2.17. The molecular weight excluding hydrogens is 272 g/mol. The van der Waals surface area contributed by atoms with Gasteiger partial charge in [0.2, 0.25) is 5.91 Å². The van der Waals surface area contributed by atoms with Crippen LogP contribution in [-0.4, -0.2) is 23.9 Å². The van der Waals surface area contributed by atoms with Crippen molar-refractivity contribution in [2.75, 3.05) is 5.32 Å². The third-order valence-electron chi connectivity index (χ3n) is 2.85. The number of hydrogen-bond donors (Lipinski definition) is 2. The van der Waals surface area contributed by atoms with Crippen LogP contribution in [0.15, 0.2) is 24.3 Å². The summed E-state index contributed by atoms with van der Waals surface area (Å²) >= 11 is 0. The monoisotopic (exact) mass is 292 g/mol. The number of rotatable bonds is 7. The number of unbranched alkanes of at least 4 members (excludes halogenated alkanes) is 1. The van der Waals surface area contributed by atoms with Crippen LogP contribution in [0.25, 0.3) is 0 Å². The fraction of sp³-hybridized carbons (Fsp3) is 0.400. The van der Waals surface area contributed by atoms with Gasteiger partial charge in [-0.05, 0) is 37.6 Å². The summed E-state index contributed by atoms with van der Waals surface area (Å²) < 4.78 is 5.02. The van der Waals surface area contributed by atoms with Gasteiger partial charge < -0.3 is 15.8 Å². The summed E-state index contributed by atoms with van der Waals surface area (Å²) in [5.74, 6) is -1.35. The largest absolute Gasteiger partial charge is 0.453 e. The van der Waals surface area contributed by atoms with E-state index >= 15 is 0 Å². The predicted molar refractivity (Wildman–Crippen MR) is 78.7 cm³/mol. The molecule has 0 aromatic heterocycles. The molecule has 0 heterocycles. The van der Waals surface area contributed by atoms with Crippen LogP contribution in [0.3, 0.4) is 0 Å². The van der Waals surface area contributed by atoms with Gasteiger partial charge in [-0.3, -0.25) is 14.4 Å². The summed E-state index contributed by atoms with van der Waals surface area (Å²) in [6, 6.07) is 6.14. The molecule has 0 bridgehead atoms. The Hall–Kier alpha value is -2.37. The summed E-state index contributed by atoms with van der Waals surface area (Å²) in [4.78, 5) is 34.2. The number of amides is 2. The minimum atomic E-state index is -0.870. The maximum atomic E-state index is 11.9. The van der Waals surface area contributed by atoms with Crippen molar-refractivity contribution in [3.8, 4) is 0 Å². The molecule has 0 aliphatic rings. The molecule has 0 saturated carbocycles. The highest BCUT2D eigenvalue weighted by Crippen LogP contribution is 2.10. The summed E-state index contributed by atoms with van der Waals surface area (Å²) in [6.45, 7) is 3.48. The average Bonchev–Trinajstić information content (AvgIpc) is 2.45. The van der Waals surface area contributed by atoms with Crippen molar-refractivity contribution < 1.29 is 19.1 Å². The molecule has 0 radical (unpaired) electrons. The SMILES string of the molecule is CCCCC(=O)O[C@H](C)C(=O)Nc1ccc(C(N)=O)cc1. The van der Waals surface area contributed by atoms with Gasteiger partial charge in [0.15, 0.2) is 6.10 Å². The second-order valence-corrected chi connectivity index (χ2v) is 4.67. The van der Waals surface area contributed by atoms with Gasteiger partial charge in [0.25, 0.3) is 5.91 Å². The third kappa shape index (κ3) is 5.64. The summed E-state index contributed by atoms with van der Waals surface area (Å²) in [7, 11) is 0. The van der Waals surface area contributed by atoms with E-state index in [4.69, 9.17) is 10.5 Å². The predicted octanol–water partition coefficient (Wildman–Crippen LogP) is 1.85. The minimum Gasteiger partial charge on any atom is -0.453 e. The zero-order valence-electron chi connectivity index (χ0n) is 12.2. The number of hydrogen-bond acceptors (Lipinski definition) is 4. The lowest BCUT2D eigenvalue weighted by Crippen LogP contribution is -2.29. The maximum absolute atomic E-state index is 11.9. The highest BCUT2D eigenvalue weighted by atomic mass is 16.5. The molecule has 1 aromatic rings. The lowest BCUT2D eigenvalue weighted by atomic mass is 10.2. The molecule has 0 saturated heterocycles. The zero-order chi connectivity index (χ0) is 15.8. The second kappa shape index (κ2) is 8.04. The molecule has 6 nitrogen and oxygen atoms in total. The van der Waals surface area contributed by atoms with E-state index in [1.165, 1.54) is 19.1 Å². The van der Waals surface area contributed by atoms with Crippen LogP contribution in [0, 0.1) is 0 Å². The number of benzene rings is 1. The van der Waals surface area contributed by atoms with Crippen LogP contribution in [0.2, 0.25) is 0 Å². The Labute approximate surface area is 123 Å². The van der Waals surface area contributed by atoms with Gasteiger partial charge in [-0.15, -0.1) is 0 Å². The molecule has 0 aliphatic carbocycles.